The average molecular weight is 457 g/mol. The Kier molecular flexibility index (Phi) is 7.08. The van der Waals surface area contributed by atoms with Crippen LogP contribution in [0.5, 0.6) is 0 Å². The number of hydrogen-bond acceptors (Lipinski definition) is 7. The number of methoxy groups -OCH3 is 1. The molecule has 4 rings (SSSR count). The lowest BCUT2D eigenvalue weighted by atomic mass is 9.96. The van der Waals surface area contributed by atoms with Gasteiger partial charge in [0.1, 0.15) is 12.1 Å². The van der Waals surface area contributed by atoms with E-state index in [1.165, 1.54) is 0 Å². The summed E-state index contributed by atoms with van der Waals surface area (Å²) in [6.07, 6.45) is 4.90. The fourth-order valence-electron chi connectivity index (χ4n) is 3.86. The maximum Gasteiger partial charge on any atom is 0.251 e. The maximum atomic E-state index is 12.3. The zero-order valence-corrected chi connectivity index (χ0v) is 19.7. The Labute approximate surface area is 198 Å². The molecule has 0 spiro atoms. The van der Waals surface area contributed by atoms with Gasteiger partial charge in [-0.25, -0.2) is 9.97 Å². The number of aromatic nitrogens is 4. The van der Waals surface area contributed by atoms with E-state index in [-0.39, 0.29) is 17.9 Å². The van der Waals surface area contributed by atoms with E-state index in [0.29, 0.717) is 12.1 Å². The number of hydrogen-bond donors (Lipinski definition) is 2. The minimum Gasteiger partial charge on any atom is -0.375 e. The molecule has 8 nitrogen and oxygen atoms in total. The molecule has 174 valence electrons. The van der Waals surface area contributed by atoms with Gasteiger partial charge in [0.25, 0.3) is 5.91 Å². The van der Waals surface area contributed by atoms with E-state index in [2.05, 4.69) is 43.6 Å². The molecule has 0 aliphatic carbocycles. The van der Waals surface area contributed by atoms with E-state index < -0.39 is 0 Å². The number of carbonyl (C=O) groups is 1. The van der Waals surface area contributed by atoms with Crippen molar-refractivity contribution in [2.75, 3.05) is 26.0 Å². The normalized spacial score (nSPS) is 12.8. The molecule has 8 heteroatoms. The van der Waals surface area contributed by atoms with Crippen molar-refractivity contribution in [1.82, 2.24) is 25.3 Å². The van der Waals surface area contributed by atoms with E-state index in [1.54, 1.807) is 38.9 Å². The molecular weight excluding hydrogens is 428 g/mol. The summed E-state index contributed by atoms with van der Waals surface area (Å²) >= 11 is 0. The van der Waals surface area contributed by atoms with Crippen molar-refractivity contribution in [3.8, 4) is 11.3 Å². The van der Waals surface area contributed by atoms with Crippen LogP contribution < -0.4 is 10.6 Å². The molecule has 4 aromatic rings. The molecule has 0 bridgehead atoms. The van der Waals surface area contributed by atoms with E-state index in [9.17, 15) is 4.79 Å². The minimum absolute atomic E-state index is 0.0987. The zero-order valence-electron chi connectivity index (χ0n) is 19.7. The highest BCUT2D eigenvalue weighted by Crippen LogP contribution is 2.27. The van der Waals surface area contributed by atoms with Crippen LogP contribution in [0, 0.1) is 0 Å². The summed E-state index contributed by atoms with van der Waals surface area (Å²) < 4.78 is 5.38. The molecular formula is C26H28N6O2. The van der Waals surface area contributed by atoms with Crippen molar-refractivity contribution in [2.24, 2.45) is 0 Å². The molecule has 0 saturated carbocycles. The number of nitrogens with one attached hydrogen (secondary N) is 2. The van der Waals surface area contributed by atoms with Crippen molar-refractivity contribution in [2.45, 2.75) is 25.9 Å². The topological polar surface area (TPSA) is 102 Å². The Hall–Kier alpha value is -3.91. The van der Waals surface area contributed by atoms with Crippen molar-refractivity contribution in [1.29, 1.82) is 0 Å². The van der Waals surface area contributed by atoms with E-state index in [0.717, 1.165) is 39.2 Å². The molecule has 2 N–H and O–H groups in total. The van der Waals surface area contributed by atoms with Crippen LogP contribution in [-0.2, 0) is 4.74 Å². The third-order valence-electron chi connectivity index (χ3n) is 5.91. The second kappa shape index (κ2) is 10.4. The lowest BCUT2D eigenvalue weighted by molar-refractivity contribution is 0.0964. The van der Waals surface area contributed by atoms with Crippen LogP contribution >= 0.6 is 0 Å². The van der Waals surface area contributed by atoms with E-state index in [1.807, 2.05) is 37.3 Å². The van der Waals surface area contributed by atoms with Crippen molar-refractivity contribution in [3.63, 3.8) is 0 Å². The molecule has 2 atom stereocenters. The fraction of sp³-hybridized carbons (Fsp3) is 0.269. The summed E-state index contributed by atoms with van der Waals surface area (Å²) in [5.74, 6) is 0.738. The molecule has 0 fully saturated rings. The second-order valence-electron chi connectivity index (χ2n) is 8.10. The van der Waals surface area contributed by atoms with Gasteiger partial charge in [-0.3, -0.25) is 14.8 Å². The Morgan fingerprint density at radius 2 is 1.85 bits per heavy atom. The largest absolute Gasteiger partial charge is 0.375 e. The third-order valence-corrected chi connectivity index (χ3v) is 5.91. The van der Waals surface area contributed by atoms with Gasteiger partial charge in [-0.2, -0.15) is 0 Å². The van der Waals surface area contributed by atoms with Crippen LogP contribution in [0.1, 0.15) is 47.5 Å². The van der Waals surface area contributed by atoms with Crippen LogP contribution in [0.4, 0.5) is 5.82 Å². The van der Waals surface area contributed by atoms with Crippen LogP contribution in [0.2, 0.25) is 0 Å². The van der Waals surface area contributed by atoms with Gasteiger partial charge >= 0.3 is 0 Å². The summed E-state index contributed by atoms with van der Waals surface area (Å²) in [4.78, 5) is 30.0. The molecule has 0 radical (unpaired) electrons. The summed E-state index contributed by atoms with van der Waals surface area (Å²) in [6, 6.07) is 13.5. The molecule has 1 aromatic carbocycles. The van der Waals surface area contributed by atoms with Crippen molar-refractivity contribution in [3.05, 3.63) is 78.0 Å². The Morgan fingerprint density at radius 3 is 2.65 bits per heavy atom. The van der Waals surface area contributed by atoms with Gasteiger partial charge in [0.15, 0.2) is 0 Å². The molecule has 2 unspecified atom stereocenters. The molecule has 3 heterocycles. The van der Waals surface area contributed by atoms with Gasteiger partial charge in [-0.05, 0) is 30.7 Å². The van der Waals surface area contributed by atoms with Gasteiger partial charge in [-0.15, -0.1) is 0 Å². The van der Waals surface area contributed by atoms with Crippen LogP contribution in [0.3, 0.4) is 0 Å². The molecule has 0 aliphatic heterocycles. The molecule has 0 aliphatic rings. The first-order chi connectivity index (χ1) is 16.5. The first-order valence-electron chi connectivity index (χ1n) is 11.2. The monoisotopic (exact) mass is 456 g/mol. The first kappa shape index (κ1) is 23.3. The average Bonchev–Trinajstić information content (AvgIpc) is 2.90. The first-order valence-corrected chi connectivity index (χ1v) is 11.2. The SMILES string of the molecule is CNC(=O)c1ccnc2c(C(C)CNc3cc(-c4ccnc(C(C)OC)c4)ncn3)cccc12. The quantitative estimate of drug-likeness (QED) is 0.406. The number of ether oxygens (including phenoxy) is 1. The summed E-state index contributed by atoms with van der Waals surface area (Å²) in [6.45, 7) is 4.73. The maximum absolute atomic E-state index is 12.3. The van der Waals surface area contributed by atoms with Gasteiger partial charge in [0.2, 0.25) is 0 Å². The molecule has 34 heavy (non-hydrogen) atoms. The molecule has 1 amide bonds. The number of amides is 1. The van der Waals surface area contributed by atoms with Crippen LogP contribution in [0.15, 0.2) is 61.2 Å². The van der Waals surface area contributed by atoms with Gasteiger partial charge in [-0.1, -0.05) is 25.1 Å². The fourth-order valence-corrected chi connectivity index (χ4v) is 3.86. The third kappa shape index (κ3) is 4.87. The Morgan fingerprint density at radius 1 is 1.03 bits per heavy atom. The summed E-state index contributed by atoms with van der Waals surface area (Å²) in [5.41, 5.74) is 5.12. The number of fused-ring (bicyclic) bond motifs is 1. The Balaban J connectivity index is 1.54. The zero-order chi connectivity index (χ0) is 24.1. The standard InChI is InChI=1S/C26H28N6O2/c1-16(19-6-5-7-20-21(26(33)27-3)9-11-29-25(19)20)14-30-24-13-23(31-15-32-24)18-8-10-28-22(12-18)17(2)34-4/h5-13,15-17H,14H2,1-4H3,(H,27,33)(H,30,31,32). The van der Waals surface area contributed by atoms with Crippen LogP contribution in [0.25, 0.3) is 22.2 Å². The number of pyridine rings is 2. The van der Waals surface area contributed by atoms with Crippen molar-refractivity contribution < 1.29 is 9.53 Å². The number of nitrogens with zero attached hydrogens (tertiary/aromatic N) is 4. The van der Waals surface area contributed by atoms with E-state index >= 15 is 0 Å². The number of anilines is 1. The molecule has 0 saturated heterocycles. The highest BCUT2D eigenvalue weighted by Gasteiger charge is 2.15. The number of carbonyl (C=O) groups excluding carboxylic acids is 1. The van der Waals surface area contributed by atoms with Gasteiger partial charge in [0.05, 0.1) is 28.6 Å². The van der Waals surface area contributed by atoms with E-state index in [4.69, 9.17) is 4.74 Å². The summed E-state index contributed by atoms with van der Waals surface area (Å²) in [5, 5.41) is 6.95. The smallest absolute Gasteiger partial charge is 0.251 e. The number of rotatable bonds is 8. The lowest BCUT2D eigenvalue weighted by Gasteiger charge is -2.16. The number of benzene rings is 1. The predicted octanol–water partition coefficient (Wildman–Crippen LogP) is 4.37. The lowest BCUT2D eigenvalue weighted by Crippen LogP contribution is -2.18. The molecule has 3 aromatic heterocycles. The van der Waals surface area contributed by atoms with Crippen molar-refractivity contribution >= 4 is 22.6 Å². The second-order valence-corrected chi connectivity index (χ2v) is 8.10. The minimum atomic E-state index is -0.122. The highest BCUT2D eigenvalue weighted by molar-refractivity contribution is 6.06. The van der Waals surface area contributed by atoms with Gasteiger partial charge < -0.3 is 15.4 Å². The Bertz CT molecular complexity index is 1310. The predicted molar refractivity (Wildman–Crippen MR) is 133 cm³/mol. The number of para-hydroxylation sites is 1. The van der Waals surface area contributed by atoms with Gasteiger partial charge in [0, 0.05) is 56.0 Å². The van der Waals surface area contributed by atoms with Crippen LogP contribution in [-0.4, -0.2) is 46.5 Å². The summed E-state index contributed by atoms with van der Waals surface area (Å²) in [7, 11) is 3.30. The highest BCUT2D eigenvalue weighted by atomic mass is 16.5.